The van der Waals surface area contributed by atoms with Gasteiger partial charge in [0.2, 0.25) is 10.0 Å². The molecule has 0 saturated carbocycles. The summed E-state index contributed by atoms with van der Waals surface area (Å²) in [5, 5.41) is 2.55. The van der Waals surface area contributed by atoms with Crippen LogP contribution in [-0.2, 0) is 14.8 Å². The summed E-state index contributed by atoms with van der Waals surface area (Å²) >= 11 is 0. The van der Waals surface area contributed by atoms with Gasteiger partial charge in [0.15, 0.2) is 0 Å². The van der Waals surface area contributed by atoms with Crippen LogP contribution >= 0.6 is 0 Å². The Balaban J connectivity index is 2.37. The second-order valence-electron chi connectivity index (χ2n) is 4.52. The maximum atomic E-state index is 13.9. The van der Waals surface area contributed by atoms with Crippen LogP contribution in [0.5, 0.6) is 0 Å². The van der Waals surface area contributed by atoms with Crippen molar-refractivity contribution < 1.29 is 22.3 Å². The fourth-order valence-corrected chi connectivity index (χ4v) is 3.53. The van der Waals surface area contributed by atoms with Crippen molar-refractivity contribution in [1.29, 1.82) is 0 Å². The summed E-state index contributed by atoms with van der Waals surface area (Å²) in [6.45, 7) is 3.04. The van der Waals surface area contributed by atoms with Crippen molar-refractivity contribution in [2.24, 2.45) is 0 Å². The molecular weight excluding hydrogens is 299 g/mol. The number of amides is 1. The zero-order valence-electron chi connectivity index (χ0n) is 11.6. The zero-order valence-corrected chi connectivity index (χ0v) is 12.5. The first-order valence-corrected chi connectivity index (χ1v) is 8.06. The van der Waals surface area contributed by atoms with Crippen LogP contribution in [0.25, 0.3) is 0 Å². The van der Waals surface area contributed by atoms with Crippen molar-refractivity contribution in [2.45, 2.75) is 11.8 Å². The Morgan fingerprint density at radius 1 is 1.38 bits per heavy atom. The number of hydrogen-bond acceptors (Lipinski definition) is 4. The van der Waals surface area contributed by atoms with Gasteiger partial charge in [0.05, 0.1) is 13.2 Å². The monoisotopic (exact) mass is 316 g/mol. The van der Waals surface area contributed by atoms with Crippen molar-refractivity contribution >= 4 is 15.9 Å². The van der Waals surface area contributed by atoms with Gasteiger partial charge in [-0.25, -0.2) is 12.8 Å². The van der Waals surface area contributed by atoms with E-state index in [1.54, 1.807) is 6.92 Å². The molecular formula is C13H17FN2O4S. The molecule has 0 atom stereocenters. The van der Waals surface area contributed by atoms with E-state index in [9.17, 15) is 17.6 Å². The molecule has 0 aromatic heterocycles. The minimum absolute atomic E-state index is 0.116. The first kappa shape index (κ1) is 15.9. The van der Waals surface area contributed by atoms with Gasteiger partial charge in [-0.05, 0) is 25.1 Å². The van der Waals surface area contributed by atoms with Gasteiger partial charge >= 0.3 is 0 Å². The van der Waals surface area contributed by atoms with Crippen LogP contribution < -0.4 is 5.32 Å². The Morgan fingerprint density at radius 2 is 2.05 bits per heavy atom. The molecule has 1 heterocycles. The van der Waals surface area contributed by atoms with Crippen LogP contribution in [0.2, 0.25) is 0 Å². The highest BCUT2D eigenvalue weighted by atomic mass is 32.2. The van der Waals surface area contributed by atoms with Gasteiger partial charge < -0.3 is 10.1 Å². The molecule has 1 fully saturated rings. The molecule has 8 heteroatoms. The molecule has 0 aliphatic carbocycles. The highest BCUT2D eigenvalue weighted by molar-refractivity contribution is 7.89. The van der Waals surface area contributed by atoms with Gasteiger partial charge in [-0.3, -0.25) is 4.79 Å². The van der Waals surface area contributed by atoms with E-state index >= 15 is 0 Å². The van der Waals surface area contributed by atoms with E-state index in [2.05, 4.69) is 5.32 Å². The molecule has 0 radical (unpaired) electrons. The molecule has 116 valence electrons. The molecule has 1 aromatic rings. The first-order valence-electron chi connectivity index (χ1n) is 6.62. The Kier molecular flexibility index (Phi) is 4.92. The highest BCUT2D eigenvalue weighted by Gasteiger charge is 2.29. The molecule has 1 aromatic carbocycles. The van der Waals surface area contributed by atoms with E-state index in [1.165, 1.54) is 6.07 Å². The van der Waals surface area contributed by atoms with Crippen LogP contribution in [0, 0.1) is 5.82 Å². The third-order valence-corrected chi connectivity index (χ3v) is 5.03. The Bertz CT molecular complexity index is 627. The van der Waals surface area contributed by atoms with E-state index in [0.717, 1.165) is 16.4 Å². The normalized spacial score (nSPS) is 16.7. The Hall–Kier alpha value is -1.51. The number of carbonyl (C=O) groups is 1. The number of morpholine rings is 1. The number of carbonyl (C=O) groups excluding carboxylic acids is 1. The standard InChI is InChI=1S/C13H17FN2O4S/c1-2-15-13(17)10-3-4-11(14)12(9-10)21(18,19)16-5-7-20-8-6-16/h3-4,9H,2,5-8H2,1H3,(H,15,17). The summed E-state index contributed by atoms with van der Waals surface area (Å²) in [5.41, 5.74) is 0.116. The second-order valence-corrected chi connectivity index (χ2v) is 6.43. The van der Waals surface area contributed by atoms with E-state index in [1.807, 2.05) is 0 Å². The van der Waals surface area contributed by atoms with Gasteiger partial charge in [0, 0.05) is 25.2 Å². The van der Waals surface area contributed by atoms with Crippen LogP contribution in [0.1, 0.15) is 17.3 Å². The van der Waals surface area contributed by atoms with Gasteiger partial charge in [0.1, 0.15) is 10.7 Å². The minimum atomic E-state index is -3.97. The van der Waals surface area contributed by atoms with E-state index in [-0.39, 0.29) is 31.9 Å². The second kappa shape index (κ2) is 6.50. The fourth-order valence-electron chi connectivity index (χ4n) is 2.03. The van der Waals surface area contributed by atoms with E-state index < -0.39 is 26.6 Å². The molecule has 1 aliphatic heterocycles. The van der Waals surface area contributed by atoms with Crippen LogP contribution in [0.3, 0.4) is 0 Å². The largest absolute Gasteiger partial charge is 0.379 e. The van der Waals surface area contributed by atoms with Crippen molar-refractivity contribution in [3.8, 4) is 0 Å². The van der Waals surface area contributed by atoms with E-state index in [4.69, 9.17) is 4.74 Å². The third-order valence-electron chi connectivity index (χ3n) is 3.12. The Labute approximate surface area is 122 Å². The number of halogens is 1. The van der Waals surface area contributed by atoms with Crippen molar-refractivity contribution in [3.05, 3.63) is 29.6 Å². The average molecular weight is 316 g/mol. The van der Waals surface area contributed by atoms with Crippen molar-refractivity contribution in [3.63, 3.8) is 0 Å². The molecule has 1 saturated heterocycles. The lowest BCUT2D eigenvalue weighted by Gasteiger charge is -2.26. The van der Waals surface area contributed by atoms with E-state index in [0.29, 0.717) is 6.54 Å². The lowest BCUT2D eigenvalue weighted by Crippen LogP contribution is -2.41. The molecule has 0 spiro atoms. The molecule has 2 rings (SSSR count). The maximum Gasteiger partial charge on any atom is 0.251 e. The molecule has 6 nitrogen and oxygen atoms in total. The predicted molar refractivity (Wildman–Crippen MR) is 74.0 cm³/mol. The summed E-state index contributed by atoms with van der Waals surface area (Å²) in [5.74, 6) is -1.30. The summed E-state index contributed by atoms with van der Waals surface area (Å²) in [4.78, 5) is 11.3. The lowest BCUT2D eigenvalue weighted by molar-refractivity contribution is 0.0729. The van der Waals surface area contributed by atoms with Crippen molar-refractivity contribution in [2.75, 3.05) is 32.8 Å². The molecule has 1 amide bonds. The topological polar surface area (TPSA) is 75.7 Å². The maximum absolute atomic E-state index is 13.9. The zero-order chi connectivity index (χ0) is 15.5. The lowest BCUT2D eigenvalue weighted by atomic mass is 10.2. The minimum Gasteiger partial charge on any atom is -0.379 e. The smallest absolute Gasteiger partial charge is 0.251 e. The molecule has 0 bridgehead atoms. The molecule has 1 N–H and O–H groups in total. The van der Waals surface area contributed by atoms with Gasteiger partial charge in [0.25, 0.3) is 5.91 Å². The van der Waals surface area contributed by atoms with Gasteiger partial charge in [-0.15, -0.1) is 0 Å². The molecule has 21 heavy (non-hydrogen) atoms. The first-order chi connectivity index (χ1) is 9.96. The number of ether oxygens (including phenoxy) is 1. The van der Waals surface area contributed by atoms with Crippen LogP contribution in [0.15, 0.2) is 23.1 Å². The molecule has 0 unspecified atom stereocenters. The summed E-state index contributed by atoms with van der Waals surface area (Å²) < 4.78 is 45.0. The SMILES string of the molecule is CCNC(=O)c1ccc(F)c(S(=O)(=O)N2CCOCC2)c1. The summed E-state index contributed by atoms with van der Waals surface area (Å²) in [6.07, 6.45) is 0. The van der Waals surface area contributed by atoms with Gasteiger partial charge in [-0.1, -0.05) is 0 Å². The summed E-state index contributed by atoms with van der Waals surface area (Å²) in [7, 11) is -3.97. The number of rotatable bonds is 4. The van der Waals surface area contributed by atoms with Crippen LogP contribution in [0.4, 0.5) is 4.39 Å². The number of benzene rings is 1. The quantitative estimate of drug-likeness (QED) is 0.882. The van der Waals surface area contributed by atoms with Crippen molar-refractivity contribution in [1.82, 2.24) is 9.62 Å². The fraction of sp³-hybridized carbons (Fsp3) is 0.462. The third kappa shape index (κ3) is 3.39. The number of nitrogens with zero attached hydrogens (tertiary/aromatic N) is 1. The summed E-state index contributed by atoms with van der Waals surface area (Å²) in [6, 6.07) is 3.34. The average Bonchev–Trinajstić information content (AvgIpc) is 2.48. The number of nitrogens with one attached hydrogen (secondary N) is 1. The predicted octanol–water partition coefficient (Wildman–Crippen LogP) is 0.596. The van der Waals surface area contributed by atoms with Crippen LogP contribution in [-0.4, -0.2) is 51.5 Å². The number of sulfonamides is 1. The number of hydrogen-bond donors (Lipinski definition) is 1. The Morgan fingerprint density at radius 3 is 2.67 bits per heavy atom. The highest BCUT2D eigenvalue weighted by Crippen LogP contribution is 2.21. The molecule has 1 aliphatic rings. The van der Waals surface area contributed by atoms with Gasteiger partial charge in [-0.2, -0.15) is 4.31 Å².